The topological polar surface area (TPSA) is 68.5 Å². The van der Waals surface area contributed by atoms with E-state index in [1.165, 1.54) is 5.56 Å². The van der Waals surface area contributed by atoms with Crippen molar-refractivity contribution < 1.29 is 27.1 Å². The van der Waals surface area contributed by atoms with E-state index in [9.17, 15) is 18.0 Å². The monoisotopic (exact) mass is 397 g/mol. The molecular weight excluding hydrogens is 375 g/mol. The maximum absolute atomic E-state index is 12.6. The number of carbonyl (C=O) groups is 1. The number of alkyl halides is 3. The summed E-state index contributed by atoms with van der Waals surface area (Å²) in [6.07, 6.45) is -3.45. The molecule has 1 aromatic heterocycles. The zero-order chi connectivity index (χ0) is 20.3. The Morgan fingerprint density at radius 1 is 1.29 bits per heavy atom. The molecule has 2 aromatic rings. The molecule has 1 aliphatic heterocycles. The van der Waals surface area contributed by atoms with Crippen molar-refractivity contribution in [2.45, 2.75) is 44.7 Å². The second-order valence-electron chi connectivity index (χ2n) is 7.13. The van der Waals surface area contributed by atoms with E-state index < -0.39 is 18.0 Å². The molecule has 0 aliphatic carbocycles. The highest BCUT2D eigenvalue weighted by atomic mass is 19.4. The van der Waals surface area contributed by atoms with Crippen LogP contribution < -0.4 is 4.74 Å². The van der Waals surface area contributed by atoms with E-state index in [0.717, 1.165) is 0 Å². The van der Waals surface area contributed by atoms with Crippen LogP contribution in [-0.2, 0) is 11.0 Å². The number of benzene rings is 1. The molecule has 0 saturated carbocycles. The van der Waals surface area contributed by atoms with E-state index in [4.69, 9.17) is 9.15 Å². The second kappa shape index (κ2) is 8.20. The minimum atomic E-state index is -4.67. The summed E-state index contributed by atoms with van der Waals surface area (Å²) in [7, 11) is 0. The number of carbonyl (C=O) groups excluding carboxylic acids is 1. The number of hydrogen-bond donors (Lipinski definition) is 0. The largest absolute Gasteiger partial charge is 0.484 e. The third-order valence-electron chi connectivity index (χ3n) is 4.72. The number of piperidine rings is 1. The standard InChI is InChI=1S/C19H22F3N3O3/c1-12(2)13-5-7-15(8-6-13)27-11-16(26)25-9-3-4-14(10-25)17-23-24-18(28-17)19(20,21)22/h5-8,12,14H,3-4,9-11H2,1-2H3/t14-/m1/s1. The first-order chi connectivity index (χ1) is 13.2. The van der Waals surface area contributed by atoms with Crippen LogP contribution in [0.15, 0.2) is 28.7 Å². The van der Waals surface area contributed by atoms with Crippen molar-refractivity contribution in [3.8, 4) is 5.75 Å². The molecule has 1 atom stereocenters. The van der Waals surface area contributed by atoms with Crippen molar-refractivity contribution in [3.63, 3.8) is 0 Å². The van der Waals surface area contributed by atoms with Crippen LogP contribution >= 0.6 is 0 Å². The fourth-order valence-electron chi connectivity index (χ4n) is 3.10. The van der Waals surface area contributed by atoms with Gasteiger partial charge in [0.15, 0.2) is 6.61 Å². The Morgan fingerprint density at radius 2 is 2.00 bits per heavy atom. The highest BCUT2D eigenvalue weighted by Gasteiger charge is 2.39. The van der Waals surface area contributed by atoms with Crippen LogP contribution in [0.5, 0.6) is 5.75 Å². The average Bonchev–Trinajstić information content (AvgIpc) is 3.17. The van der Waals surface area contributed by atoms with Gasteiger partial charge in [-0.25, -0.2) is 0 Å². The molecular formula is C19H22F3N3O3. The predicted octanol–water partition coefficient (Wildman–Crippen LogP) is 4.00. The lowest BCUT2D eigenvalue weighted by Gasteiger charge is -2.31. The van der Waals surface area contributed by atoms with E-state index in [-0.39, 0.29) is 24.9 Å². The number of nitrogens with zero attached hydrogens (tertiary/aromatic N) is 3. The lowest BCUT2D eigenvalue weighted by molar-refractivity contribution is -0.157. The van der Waals surface area contributed by atoms with E-state index in [2.05, 4.69) is 24.0 Å². The number of aromatic nitrogens is 2. The molecule has 152 valence electrons. The minimum Gasteiger partial charge on any atom is -0.484 e. The summed E-state index contributed by atoms with van der Waals surface area (Å²) in [4.78, 5) is 14.0. The highest BCUT2D eigenvalue weighted by molar-refractivity contribution is 5.78. The first-order valence-electron chi connectivity index (χ1n) is 9.15. The number of likely N-dealkylation sites (tertiary alicyclic amines) is 1. The van der Waals surface area contributed by atoms with Crippen LogP contribution in [0.25, 0.3) is 0 Å². The number of ether oxygens (including phenoxy) is 1. The van der Waals surface area contributed by atoms with Crippen molar-refractivity contribution >= 4 is 5.91 Å². The van der Waals surface area contributed by atoms with Gasteiger partial charge in [0.25, 0.3) is 5.91 Å². The van der Waals surface area contributed by atoms with Crippen LogP contribution in [0.4, 0.5) is 13.2 Å². The summed E-state index contributed by atoms with van der Waals surface area (Å²) in [5, 5.41) is 6.57. The third kappa shape index (κ3) is 4.82. The van der Waals surface area contributed by atoms with E-state index in [1.54, 1.807) is 4.90 Å². The van der Waals surface area contributed by atoms with Gasteiger partial charge in [0.1, 0.15) is 5.75 Å². The normalized spacial score (nSPS) is 17.8. The van der Waals surface area contributed by atoms with Crippen LogP contribution in [0.2, 0.25) is 0 Å². The Balaban J connectivity index is 1.56. The molecule has 28 heavy (non-hydrogen) atoms. The first-order valence-corrected chi connectivity index (χ1v) is 9.15. The number of hydrogen-bond acceptors (Lipinski definition) is 5. The van der Waals surface area contributed by atoms with Crippen molar-refractivity contribution in [1.82, 2.24) is 15.1 Å². The van der Waals surface area contributed by atoms with Crippen LogP contribution in [0, 0.1) is 0 Å². The average molecular weight is 397 g/mol. The highest BCUT2D eigenvalue weighted by Crippen LogP contribution is 2.32. The molecule has 6 nitrogen and oxygen atoms in total. The smallest absolute Gasteiger partial charge is 0.470 e. The van der Waals surface area contributed by atoms with Gasteiger partial charge in [-0.2, -0.15) is 13.2 Å². The number of amides is 1. The van der Waals surface area contributed by atoms with Gasteiger partial charge in [-0.05, 0) is 36.5 Å². The Bertz CT molecular complexity index is 803. The molecule has 9 heteroatoms. The summed E-state index contributed by atoms with van der Waals surface area (Å²) >= 11 is 0. The van der Waals surface area contributed by atoms with Crippen LogP contribution in [-0.4, -0.2) is 40.7 Å². The lowest BCUT2D eigenvalue weighted by atomic mass is 9.98. The van der Waals surface area contributed by atoms with Crippen LogP contribution in [0.1, 0.15) is 55.9 Å². The number of rotatable bonds is 5. The summed E-state index contributed by atoms with van der Waals surface area (Å²) in [5.41, 5.74) is 1.18. The van der Waals surface area contributed by atoms with Gasteiger partial charge in [0.2, 0.25) is 5.89 Å². The summed E-state index contributed by atoms with van der Waals surface area (Å²) in [5.74, 6) is -1.09. The van der Waals surface area contributed by atoms with E-state index in [1.807, 2.05) is 24.3 Å². The van der Waals surface area contributed by atoms with Crippen molar-refractivity contribution in [2.24, 2.45) is 0 Å². The molecule has 3 rings (SSSR count). The zero-order valence-corrected chi connectivity index (χ0v) is 15.7. The van der Waals surface area contributed by atoms with E-state index in [0.29, 0.717) is 31.1 Å². The van der Waals surface area contributed by atoms with Crippen molar-refractivity contribution in [2.75, 3.05) is 19.7 Å². The summed E-state index contributed by atoms with van der Waals surface area (Å²) < 4.78 is 48.2. The minimum absolute atomic E-state index is 0.0879. The summed E-state index contributed by atoms with van der Waals surface area (Å²) in [6, 6.07) is 7.54. The van der Waals surface area contributed by atoms with Gasteiger partial charge in [0.05, 0.1) is 5.92 Å². The second-order valence-corrected chi connectivity index (χ2v) is 7.13. The molecule has 0 unspecified atom stereocenters. The Hall–Kier alpha value is -2.58. The zero-order valence-electron chi connectivity index (χ0n) is 15.7. The van der Waals surface area contributed by atoms with Gasteiger partial charge >= 0.3 is 12.1 Å². The maximum atomic E-state index is 12.6. The molecule has 1 aliphatic rings. The van der Waals surface area contributed by atoms with E-state index >= 15 is 0 Å². The SMILES string of the molecule is CC(C)c1ccc(OCC(=O)N2CCC[C@@H](c3nnc(C(F)(F)F)o3)C2)cc1. The van der Waals surface area contributed by atoms with Crippen molar-refractivity contribution in [3.05, 3.63) is 41.6 Å². The fraction of sp³-hybridized carbons (Fsp3) is 0.526. The van der Waals surface area contributed by atoms with Crippen LogP contribution in [0.3, 0.4) is 0 Å². The molecule has 1 saturated heterocycles. The Kier molecular flexibility index (Phi) is 5.90. The lowest BCUT2D eigenvalue weighted by Crippen LogP contribution is -2.41. The van der Waals surface area contributed by atoms with Gasteiger partial charge < -0.3 is 14.1 Å². The Morgan fingerprint density at radius 3 is 2.61 bits per heavy atom. The molecule has 0 bridgehead atoms. The van der Waals surface area contributed by atoms with Gasteiger partial charge in [-0.15, -0.1) is 10.2 Å². The summed E-state index contributed by atoms with van der Waals surface area (Å²) in [6.45, 7) is 4.80. The predicted molar refractivity (Wildman–Crippen MR) is 93.9 cm³/mol. The quantitative estimate of drug-likeness (QED) is 0.763. The molecule has 0 N–H and O–H groups in total. The van der Waals surface area contributed by atoms with Gasteiger partial charge in [-0.3, -0.25) is 4.79 Å². The molecule has 1 amide bonds. The van der Waals surface area contributed by atoms with Gasteiger partial charge in [-0.1, -0.05) is 26.0 Å². The first kappa shape index (κ1) is 20.2. The van der Waals surface area contributed by atoms with Crippen molar-refractivity contribution in [1.29, 1.82) is 0 Å². The molecule has 1 fully saturated rings. The molecule has 0 radical (unpaired) electrons. The third-order valence-corrected chi connectivity index (χ3v) is 4.72. The van der Waals surface area contributed by atoms with Gasteiger partial charge in [0, 0.05) is 13.1 Å². The number of halogens is 3. The fourth-order valence-corrected chi connectivity index (χ4v) is 3.10. The molecule has 1 aromatic carbocycles. The molecule has 0 spiro atoms. The Labute approximate surface area is 160 Å². The maximum Gasteiger partial charge on any atom is 0.470 e. The molecule has 2 heterocycles.